The Labute approximate surface area is 453 Å². The minimum absolute atomic E-state index is 0. The number of hydrogen-bond acceptors (Lipinski definition) is 4. The van der Waals surface area contributed by atoms with Gasteiger partial charge in [0.25, 0.3) is 0 Å². The van der Waals surface area contributed by atoms with Crippen molar-refractivity contribution < 1.29 is 25.8 Å². The van der Waals surface area contributed by atoms with Crippen molar-refractivity contribution in [3.63, 3.8) is 0 Å². The number of aryl methyl sites for hydroxylation is 1. The summed E-state index contributed by atoms with van der Waals surface area (Å²) in [5.41, 5.74) is 20.4. The molecule has 18 rings (SSSR count). The molecule has 2 aromatic heterocycles. The second-order valence-electron chi connectivity index (χ2n) is 21.6. The normalized spacial score (nSPS) is 18.6. The first-order chi connectivity index (χ1) is 36.3. The van der Waals surface area contributed by atoms with Crippen LogP contribution in [-0.2, 0) is 32.0 Å². The molecule has 5 nitrogen and oxygen atoms in total. The number of fused-ring (bicyclic) bond motifs is 4. The second kappa shape index (κ2) is 17.0. The third-order valence-electron chi connectivity index (χ3n) is 16.6. The number of anilines is 3. The summed E-state index contributed by atoms with van der Waals surface area (Å²) < 4.78 is 9.04. The molecule has 0 spiro atoms. The van der Waals surface area contributed by atoms with E-state index in [1.807, 2.05) is 18.3 Å². The first-order valence-electron chi connectivity index (χ1n) is 25.9. The summed E-state index contributed by atoms with van der Waals surface area (Å²) in [4.78, 5) is 10.0. The van der Waals surface area contributed by atoms with Crippen LogP contribution < -0.4 is 14.5 Å². The van der Waals surface area contributed by atoms with Crippen LogP contribution in [0.1, 0.15) is 94.2 Å². The predicted octanol–water partition coefficient (Wildman–Crippen LogP) is 16.6. The fourth-order valence-corrected chi connectivity index (χ4v) is 13.5. The first-order valence-corrected chi connectivity index (χ1v) is 25.9. The van der Waals surface area contributed by atoms with E-state index < -0.39 is 5.54 Å². The van der Waals surface area contributed by atoms with Gasteiger partial charge >= 0.3 is 0 Å². The smallest absolute Gasteiger partial charge is 0.135 e. The van der Waals surface area contributed by atoms with Crippen molar-refractivity contribution in [1.29, 1.82) is 0 Å². The summed E-state index contributed by atoms with van der Waals surface area (Å²) in [6, 6.07) is 83.4. The van der Waals surface area contributed by atoms with Gasteiger partial charge in [0.15, 0.2) is 0 Å². The van der Waals surface area contributed by atoms with Gasteiger partial charge in [0.1, 0.15) is 5.82 Å². The minimum atomic E-state index is -0.658. The second-order valence-corrected chi connectivity index (χ2v) is 21.6. The van der Waals surface area contributed by atoms with Gasteiger partial charge in [-0.2, -0.15) is 18.8 Å². The van der Waals surface area contributed by atoms with Gasteiger partial charge in [0, 0.05) is 79.0 Å². The molecule has 11 aromatic rings. The van der Waals surface area contributed by atoms with Gasteiger partial charge in [0.05, 0.1) is 5.54 Å². The fraction of sp³-hybridized carbons (Fsp3) is 0.130. The van der Waals surface area contributed by atoms with Crippen molar-refractivity contribution in [2.75, 3.05) is 9.80 Å². The van der Waals surface area contributed by atoms with Gasteiger partial charge in [-0.3, -0.25) is 0 Å². The number of pyridine rings is 1. The maximum atomic E-state index is 6.83. The zero-order valence-electron chi connectivity index (χ0n) is 42.0. The number of hydrogen-bond donors (Lipinski definition) is 0. The third-order valence-corrected chi connectivity index (χ3v) is 16.6. The van der Waals surface area contributed by atoms with Crippen LogP contribution >= 0.6 is 0 Å². The third kappa shape index (κ3) is 6.63. The van der Waals surface area contributed by atoms with Crippen molar-refractivity contribution in [2.45, 2.75) is 56.4 Å². The van der Waals surface area contributed by atoms with Crippen LogP contribution in [0.3, 0.4) is 0 Å². The van der Waals surface area contributed by atoms with E-state index in [-0.39, 0.29) is 44.2 Å². The van der Waals surface area contributed by atoms with Crippen LogP contribution in [0.5, 0.6) is 11.5 Å². The summed E-state index contributed by atoms with van der Waals surface area (Å²) in [7, 11) is 0. The van der Waals surface area contributed by atoms with E-state index in [0.29, 0.717) is 11.5 Å². The van der Waals surface area contributed by atoms with Gasteiger partial charge in [-0.25, -0.2) is 4.98 Å². The summed E-state index contributed by atoms with van der Waals surface area (Å²) in [6.07, 6.45) is 2.01. The zero-order chi connectivity index (χ0) is 49.5. The Morgan fingerprint density at radius 1 is 0.560 bits per heavy atom. The Morgan fingerprint density at radius 3 is 1.83 bits per heavy atom. The van der Waals surface area contributed by atoms with Gasteiger partial charge in [-0.1, -0.05) is 178 Å². The van der Waals surface area contributed by atoms with E-state index in [4.69, 9.17) is 9.72 Å². The number of para-hydroxylation sites is 3. The molecule has 6 heteroatoms. The van der Waals surface area contributed by atoms with Crippen molar-refractivity contribution in [1.82, 2.24) is 9.55 Å². The van der Waals surface area contributed by atoms with Crippen molar-refractivity contribution in [2.24, 2.45) is 0 Å². The van der Waals surface area contributed by atoms with Crippen molar-refractivity contribution in [3.05, 3.63) is 287 Å². The molecule has 366 valence electrons. The molecule has 0 N–H and O–H groups in total. The molecule has 75 heavy (non-hydrogen) atoms. The number of ether oxygens (including phenoxy) is 1. The first kappa shape index (κ1) is 45.6. The quantitative estimate of drug-likeness (QED) is 0.155. The Kier molecular flexibility index (Phi) is 10.4. The molecule has 6 aliphatic carbocycles. The molecule has 1 aliphatic heterocycles. The molecule has 9 aromatic carbocycles. The van der Waals surface area contributed by atoms with E-state index in [1.165, 1.54) is 50.1 Å². The Morgan fingerprint density at radius 2 is 1.15 bits per heavy atom. The molecule has 7 aliphatic rings. The molecule has 4 bridgehead atoms. The van der Waals surface area contributed by atoms with E-state index in [0.717, 1.165) is 61.4 Å². The van der Waals surface area contributed by atoms with Crippen LogP contribution in [-0.4, -0.2) is 9.55 Å². The maximum absolute atomic E-state index is 6.83. The Hall–Kier alpha value is -7.98. The summed E-state index contributed by atoms with van der Waals surface area (Å²) in [6.45, 7) is 11.3. The van der Waals surface area contributed by atoms with Crippen LogP contribution in [0, 0.1) is 25.7 Å². The van der Waals surface area contributed by atoms with Gasteiger partial charge in [0.2, 0.25) is 0 Å². The van der Waals surface area contributed by atoms with Crippen LogP contribution in [0.25, 0.3) is 38.8 Å². The zero-order valence-corrected chi connectivity index (χ0v) is 44.3. The summed E-state index contributed by atoms with van der Waals surface area (Å²) >= 11 is 0. The molecular formula is C69H51N4OPt-3. The Balaban J connectivity index is 0.00000516. The number of nitrogens with zero attached hydrogens (tertiary/aromatic N) is 4. The van der Waals surface area contributed by atoms with E-state index in [9.17, 15) is 0 Å². The molecule has 0 atom stereocenters. The summed E-state index contributed by atoms with van der Waals surface area (Å²) in [5.74, 6) is 2.35. The summed E-state index contributed by atoms with van der Waals surface area (Å²) in [5, 5.41) is 2.22. The van der Waals surface area contributed by atoms with Crippen LogP contribution in [0.4, 0.5) is 17.1 Å². The van der Waals surface area contributed by atoms with Crippen molar-refractivity contribution >= 4 is 38.9 Å². The molecular weight excluding hydrogens is 1100 g/mol. The predicted molar refractivity (Wildman–Crippen MR) is 299 cm³/mol. The topological polar surface area (TPSA) is 33.5 Å². The van der Waals surface area contributed by atoms with E-state index >= 15 is 0 Å². The average molecular weight is 1150 g/mol. The van der Waals surface area contributed by atoms with Gasteiger partial charge in [-0.15, -0.1) is 41.4 Å². The monoisotopic (exact) mass is 1150 g/mol. The Bertz CT molecular complexity index is 4000. The number of rotatable bonds is 6. The fourth-order valence-electron chi connectivity index (χ4n) is 13.5. The molecule has 0 fully saturated rings. The standard InChI is InChI=1S/C69H51N4O.Pt/c1-43-38-64(70-41-57(43)44-32-34-45(35-33-44)68(2,3)4)73-60-29-14-11-20-49(60)50-37-36-48(40-63(50)73)74-47-19-17-18-46(39-47)71-42-72(62-31-16-15-30-61(62)71)69-58-27-12-9-25-55(58)66(56-26-10-13-28-59(56)69)65-51-21-5-7-23-53(51)67(69)54-24-8-6-22-52(54)65;/h5-38,41-42,65-67H,1-4H3;/q-3;. The van der Waals surface area contributed by atoms with Crippen molar-refractivity contribution in [3.8, 4) is 28.4 Å². The average Bonchev–Trinajstić information content (AvgIpc) is 3.98. The molecule has 3 heterocycles. The van der Waals surface area contributed by atoms with E-state index in [1.54, 1.807) is 0 Å². The molecule has 0 radical (unpaired) electrons. The minimum Gasteiger partial charge on any atom is -0.509 e. The molecule has 0 saturated heterocycles. The molecule has 0 unspecified atom stereocenters. The van der Waals surface area contributed by atoms with Gasteiger partial charge < -0.3 is 19.1 Å². The SMILES string of the molecule is Cc1cc(-n2c3[c-]c(Oc4[c-]c(N5[CH-]N(C67c8ccccc8C(c8ccccc86)C6c8ccccc8C7c7ccccc76)c6ccccc65)ccc4)ccc3c3ccccc32)ncc1-c1ccc(C(C)(C)C)cc1.[Pt]. The number of aromatic nitrogens is 2. The van der Waals surface area contributed by atoms with E-state index in [2.05, 4.69) is 255 Å². The largest absolute Gasteiger partial charge is 0.509 e. The van der Waals surface area contributed by atoms with Crippen LogP contribution in [0.15, 0.2) is 212 Å². The van der Waals surface area contributed by atoms with Gasteiger partial charge in [-0.05, 0) is 103 Å². The molecule has 0 saturated carbocycles. The maximum Gasteiger partial charge on any atom is 0.135 e. The number of benzene rings is 9. The van der Waals surface area contributed by atoms with Crippen LogP contribution in [0.2, 0.25) is 0 Å². The molecule has 0 amide bonds.